The molecule has 0 aliphatic carbocycles. The van der Waals surface area contributed by atoms with Crippen molar-refractivity contribution in [2.75, 3.05) is 46.8 Å². The molecular weight excluding hydrogens is 344 g/mol. The van der Waals surface area contributed by atoms with Crippen molar-refractivity contribution in [3.63, 3.8) is 0 Å². The molecule has 0 amide bonds. The van der Waals surface area contributed by atoms with Crippen LogP contribution in [0.3, 0.4) is 0 Å². The quantitative estimate of drug-likeness (QED) is 0.165. The maximum absolute atomic E-state index is 12.3. The van der Waals surface area contributed by atoms with E-state index in [2.05, 4.69) is 4.74 Å². The van der Waals surface area contributed by atoms with Crippen LogP contribution in [-0.2, 0) is 28.1 Å². The third-order valence-corrected chi connectivity index (χ3v) is 4.75. The molecule has 0 saturated carbocycles. The average Bonchev–Trinajstić information content (AvgIpc) is 2.28. The van der Waals surface area contributed by atoms with Crippen molar-refractivity contribution in [3.05, 3.63) is 0 Å². The van der Waals surface area contributed by atoms with E-state index in [4.69, 9.17) is 14.2 Å². The monoisotopic (exact) mass is 362 g/mol. The molecule has 22 heavy (non-hydrogen) atoms. The van der Waals surface area contributed by atoms with Gasteiger partial charge in [0.15, 0.2) is 0 Å². The number of hydrogen-bond donors (Lipinski definition) is 0. The molecule has 0 spiro atoms. The van der Waals surface area contributed by atoms with Gasteiger partial charge in [-0.25, -0.2) is 9.13 Å². The van der Waals surface area contributed by atoms with Crippen LogP contribution in [0.25, 0.3) is 0 Å². The molecule has 0 aromatic rings. The number of methoxy groups -OCH3 is 1. The fourth-order valence-corrected chi connectivity index (χ4v) is 2.82. The van der Waals surface area contributed by atoms with E-state index in [-0.39, 0.29) is 60.4 Å². The van der Waals surface area contributed by atoms with E-state index in [9.17, 15) is 25.9 Å². The molecule has 0 atom stereocenters. The second kappa shape index (κ2) is 14.5. The van der Waals surface area contributed by atoms with Crippen LogP contribution in [0.4, 0.5) is 16.8 Å². The van der Waals surface area contributed by atoms with E-state index in [0.29, 0.717) is 13.2 Å². The molecule has 0 radical (unpaired) electrons. The first kappa shape index (κ1) is 28.0. The Balaban J connectivity index is -0.000000301. The first-order chi connectivity index (χ1) is 9.19. The van der Waals surface area contributed by atoms with Gasteiger partial charge in [-0.05, 0) is 0 Å². The fraction of sp³-hybridized carbons (Fsp3) is 1.00. The van der Waals surface area contributed by atoms with Crippen molar-refractivity contribution >= 4 is 15.5 Å². The van der Waals surface area contributed by atoms with Gasteiger partial charge >= 0.3 is 53.2 Å². The van der Waals surface area contributed by atoms with Crippen molar-refractivity contribution in [1.82, 2.24) is 0 Å². The maximum Gasteiger partial charge on any atom is 1.00 e. The molecule has 0 saturated heterocycles. The standard InChI is InChI=1S/C8H16F4O6P2.2Li.2H/c1-15-2-3-16-4-5-17-6-7-18-8(19(9,10)13)20(11,12)14;;;;/h8H,2-7H2,1H3;;;;/q;2*+1;2*-1. The number of ether oxygens (including phenoxy) is 4. The molecule has 0 aromatic heterocycles. The Morgan fingerprint density at radius 2 is 1.18 bits per heavy atom. The number of rotatable bonds is 12. The zero-order valence-electron chi connectivity index (χ0n) is 14.7. The third kappa shape index (κ3) is 14.8. The van der Waals surface area contributed by atoms with Gasteiger partial charge in [0, 0.05) is 7.11 Å². The first-order valence-corrected chi connectivity index (χ1v) is 8.55. The smallest absolute Gasteiger partial charge is 1.00 e. The van der Waals surface area contributed by atoms with E-state index in [1.807, 2.05) is 0 Å². The molecule has 0 fully saturated rings. The normalized spacial score (nSPS) is 11.9. The molecule has 14 heteroatoms. The van der Waals surface area contributed by atoms with Crippen LogP contribution in [0.5, 0.6) is 0 Å². The van der Waals surface area contributed by atoms with Crippen molar-refractivity contribution in [3.8, 4) is 0 Å². The molecule has 0 N–H and O–H groups in total. The minimum absolute atomic E-state index is 0. The summed E-state index contributed by atoms with van der Waals surface area (Å²) in [7, 11) is -11.1. The predicted octanol–water partition coefficient (Wildman–Crippen LogP) is -2.54. The summed E-state index contributed by atoms with van der Waals surface area (Å²) in [6.45, 7) is 0.0435. The Labute approximate surface area is 153 Å². The SMILES string of the molecule is COCCOCCOCCOC(P(=O)(F)F)P(=O)(F)F.[H-].[H-].[Li+].[Li+]. The minimum Gasteiger partial charge on any atom is -1.00 e. The van der Waals surface area contributed by atoms with Gasteiger partial charge in [0.25, 0.3) is 5.59 Å². The Morgan fingerprint density at radius 1 is 0.818 bits per heavy atom. The van der Waals surface area contributed by atoms with Gasteiger partial charge in [0.05, 0.1) is 39.6 Å². The van der Waals surface area contributed by atoms with Crippen LogP contribution >= 0.6 is 15.5 Å². The Morgan fingerprint density at radius 3 is 1.55 bits per heavy atom. The summed E-state index contributed by atoms with van der Waals surface area (Å²) in [4.78, 5) is 0. The minimum atomic E-state index is -6.30. The van der Waals surface area contributed by atoms with E-state index in [1.165, 1.54) is 7.11 Å². The van der Waals surface area contributed by atoms with Crippen LogP contribution in [0.2, 0.25) is 0 Å². The third-order valence-electron chi connectivity index (χ3n) is 1.81. The molecule has 6 nitrogen and oxygen atoms in total. The molecule has 0 unspecified atom stereocenters. The van der Waals surface area contributed by atoms with Gasteiger partial charge in [-0.1, -0.05) is 0 Å². The number of hydrogen-bond acceptors (Lipinski definition) is 6. The number of halogens is 4. The largest absolute Gasteiger partial charge is 1.00 e. The molecular formula is C8H18F4Li2O6P2. The first-order valence-electron chi connectivity index (χ1n) is 5.43. The van der Waals surface area contributed by atoms with Crippen LogP contribution in [0.15, 0.2) is 0 Å². The summed E-state index contributed by atoms with van der Waals surface area (Å²) in [5.74, 6) is 0. The summed E-state index contributed by atoms with van der Waals surface area (Å²) in [5.41, 5.74) is -3.35. The second-order valence-electron chi connectivity index (χ2n) is 3.42. The topological polar surface area (TPSA) is 71.1 Å². The summed E-state index contributed by atoms with van der Waals surface area (Å²) in [5, 5.41) is 0. The van der Waals surface area contributed by atoms with Gasteiger partial charge < -0.3 is 21.8 Å². The summed E-state index contributed by atoms with van der Waals surface area (Å²) in [6.07, 6.45) is 0. The molecule has 0 aliphatic rings. The zero-order valence-corrected chi connectivity index (χ0v) is 14.5. The summed E-state index contributed by atoms with van der Waals surface area (Å²) >= 11 is 0. The Kier molecular flexibility index (Phi) is 18.5. The predicted molar refractivity (Wildman–Crippen MR) is 65.1 cm³/mol. The van der Waals surface area contributed by atoms with Crippen LogP contribution in [0.1, 0.15) is 2.85 Å². The van der Waals surface area contributed by atoms with E-state index >= 15 is 0 Å². The molecule has 0 aliphatic heterocycles. The molecule has 126 valence electrons. The van der Waals surface area contributed by atoms with Crippen LogP contribution < -0.4 is 37.7 Å². The molecule has 0 rings (SSSR count). The molecule has 0 bridgehead atoms. The van der Waals surface area contributed by atoms with E-state index in [0.717, 1.165) is 0 Å². The van der Waals surface area contributed by atoms with Crippen LogP contribution in [-0.4, -0.2) is 52.3 Å². The van der Waals surface area contributed by atoms with Crippen molar-refractivity contribution in [1.29, 1.82) is 0 Å². The van der Waals surface area contributed by atoms with Gasteiger partial charge in [0.2, 0.25) is 0 Å². The van der Waals surface area contributed by atoms with Gasteiger partial charge in [-0.15, -0.1) is 16.8 Å². The summed E-state index contributed by atoms with van der Waals surface area (Å²) in [6, 6.07) is 0. The van der Waals surface area contributed by atoms with E-state index < -0.39 is 27.7 Å². The second-order valence-corrected chi connectivity index (χ2v) is 6.77. The van der Waals surface area contributed by atoms with Crippen molar-refractivity contribution < 1.29 is 85.4 Å². The molecule has 0 heterocycles. The fourth-order valence-electron chi connectivity index (χ4n) is 1.01. The zero-order chi connectivity index (χ0) is 15.6. The van der Waals surface area contributed by atoms with Crippen LogP contribution in [0, 0.1) is 0 Å². The maximum atomic E-state index is 12.3. The van der Waals surface area contributed by atoms with Gasteiger partial charge in [0.1, 0.15) is 0 Å². The van der Waals surface area contributed by atoms with Crippen molar-refractivity contribution in [2.45, 2.75) is 5.59 Å². The Bertz CT molecular complexity index is 343. The van der Waals surface area contributed by atoms with Crippen molar-refractivity contribution in [2.24, 2.45) is 0 Å². The average molecular weight is 362 g/mol. The van der Waals surface area contributed by atoms with E-state index in [1.54, 1.807) is 0 Å². The molecule has 0 aromatic carbocycles. The van der Waals surface area contributed by atoms with Gasteiger partial charge in [-0.2, -0.15) is 0 Å². The van der Waals surface area contributed by atoms with Gasteiger partial charge in [-0.3, -0.25) is 0 Å². The summed E-state index contributed by atoms with van der Waals surface area (Å²) < 4.78 is 88.4. The Hall–Kier alpha value is 1.21.